The first-order valence-corrected chi connectivity index (χ1v) is 5.20. The Labute approximate surface area is 95.2 Å². The highest BCUT2D eigenvalue weighted by Gasteiger charge is 2.48. The van der Waals surface area contributed by atoms with Crippen LogP contribution in [0.15, 0.2) is 0 Å². The van der Waals surface area contributed by atoms with Gasteiger partial charge in [-0.2, -0.15) is 0 Å². The lowest BCUT2D eigenvalue weighted by atomic mass is 10.1. The Morgan fingerprint density at radius 3 is 1.75 bits per heavy atom. The average molecular weight is 222 g/mol. The molecule has 4 atom stereocenters. The fraction of sp³-hybridized carbons (Fsp3) is 0.667. The molecule has 0 spiro atoms. The Kier molecular flexibility index (Phi) is 3.82. The first kappa shape index (κ1) is 11.4. The Bertz CT molecular complexity index is 282. The van der Waals surface area contributed by atoms with Crippen molar-refractivity contribution in [3.8, 4) is 24.7 Å². The summed E-state index contributed by atoms with van der Waals surface area (Å²) >= 11 is 0. The van der Waals surface area contributed by atoms with Gasteiger partial charge in [-0.05, 0) is 0 Å². The molecule has 0 radical (unpaired) electrons. The topological polar surface area (TPSA) is 36.9 Å². The van der Waals surface area contributed by atoms with Gasteiger partial charge >= 0.3 is 0 Å². The molecule has 0 bridgehead atoms. The molecule has 0 aliphatic carbocycles. The lowest BCUT2D eigenvalue weighted by Gasteiger charge is -2.15. The molecule has 2 heterocycles. The Morgan fingerprint density at radius 2 is 1.38 bits per heavy atom. The molecule has 0 amide bonds. The third kappa shape index (κ3) is 2.21. The van der Waals surface area contributed by atoms with E-state index in [1.807, 2.05) is 0 Å². The van der Waals surface area contributed by atoms with E-state index in [2.05, 4.69) is 11.8 Å². The van der Waals surface area contributed by atoms with E-state index in [0.717, 1.165) is 0 Å². The van der Waals surface area contributed by atoms with Crippen LogP contribution in [0.2, 0.25) is 0 Å². The Morgan fingerprint density at radius 1 is 0.938 bits per heavy atom. The van der Waals surface area contributed by atoms with Crippen molar-refractivity contribution in [1.29, 1.82) is 0 Å². The van der Waals surface area contributed by atoms with Crippen LogP contribution < -0.4 is 0 Å². The second-order valence-corrected chi connectivity index (χ2v) is 3.70. The molecule has 0 aromatic rings. The van der Waals surface area contributed by atoms with E-state index in [-0.39, 0.29) is 37.6 Å². The SMILES string of the molecule is C#CCO[C@@H]1CO[C@@H]2[C@H]1OC[C@H]2OCC#C. The maximum absolute atomic E-state index is 5.58. The smallest absolute Gasteiger partial charge is 0.115 e. The predicted octanol–water partition coefficient (Wildman–Crippen LogP) is -0.179. The molecule has 86 valence electrons. The number of rotatable bonds is 4. The lowest BCUT2D eigenvalue weighted by molar-refractivity contribution is -0.0385. The van der Waals surface area contributed by atoms with Crippen LogP contribution in [-0.4, -0.2) is 50.8 Å². The van der Waals surface area contributed by atoms with Crippen molar-refractivity contribution < 1.29 is 18.9 Å². The zero-order valence-electron chi connectivity index (χ0n) is 8.93. The van der Waals surface area contributed by atoms with Gasteiger partial charge < -0.3 is 18.9 Å². The van der Waals surface area contributed by atoms with E-state index < -0.39 is 0 Å². The zero-order valence-corrected chi connectivity index (χ0v) is 8.93. The van der Waals surface area contributed by atoms with Gasteiger partial charge in [0.05, 0.1) is 13.2 Å². The standard InChI is InChI=1S/C12H14O4/c1-3-5-13-9-7-15-12-10(14-6-4-2)8-16-11(9)12/h1-2,9-12H,5-8H2/t9-,10-,11+,12+/m1/s1. The predicted molar refractivity (Wildman–Crippen MR) is 56.6 cm³/mol. The molecule has 16 heavy (non-hydrogen) atoms. The minimum absolute atomic E-state index is 0.0869. The minimum Gasteiger partial charge on any atom is -0.370 e. The van der Waals surface area contributed by atoms with Gasteiger partial charge in [0.1, 0.15) is 37.6 Å². The second kappa shape index (κ2) is 5.34. The first-order chi connectivity index (χ1) is 7.86. The summed E-state index contributed by atoms with van der Waals surface area (Å²) in [4.78, 5) is 0. The maximum Gasteiger partial charge on any atom is 0.115 e. The van der Waals surface area contributed by atoms with Gasteiger partial charge in [0.25, 0.3) is 0 Å². The van der Waals surface area contributed by atoms with Crippen LogP contribution in [0.1, 0.15) is 0 Å². The van der Waals surface area contributed by atoms with Crippen molar-refractivity contribution >= 4 is 0 Å². The molecule has 4 nitrogen and oxygen atoms in total. The summed E-state index contributed by atoms with van der Waals surface area (Å²) in [6.45, 7) is 1.53. The third-order valence-corrected chi connectivity index (χ3v) is 2.72. The van der Waals surface area contributed by atoms with Crippen LogP contribution in [0.4, 0.5) is 0 Å². The number of terminal acetylenes is 2. The van der Waals surface area contributed by atoms with E-state index in [1.54, 1.807) is 0 Å². The van der Waals surface area contributed by atoms with Crippen molar-refractivity contribution in [3.05, 3.63) is 0 Å². The summed E-state index contributed by atoms with van der Waals surface area (Å²) in [5.74, 6) is 4.86. The van der Waals surface area contributed by atoms with Crippen LogP contribution >= 0.6 is 0 Å². The van der Waals surface area contributed by atoms with Crippen molar-refractivity contribution in [2.24, 2.45) is 0 Å². The van der Waals surface area contributed by atoms with Crippen LogP contribution in [0.25, 0.3) is 0 Å². The van der Waals surface area contributed by atoms with Crippen molar-refractivity contribution in [1.82, 2.24) is 0 Å². The number of ether oxygens (including phenoxy) is 4. The van der Waals surface area contributed by atoms with Crippen LogP contribution in [0.5, 0.6) is 0 Å². The molecule has 2 fully saturated rings. The summed E-state index contributed by atoms with van der Waals surface area (Å²) in [6.07, 6.45) is 9.90. The van der Waals surface area contributed by atoms with Gasteiger partial charge in [-0.1, -0.05) is 11.8 Å². The molecule has 0 aromatic carbocycles. The molecule has 4 heteroatoms. The highest BCUT2D eigenvalue weighted by Crippen LogP contribution is 2.30. The average Bonchev–Trinajstić information content (AvgIpc) is 2.86. The van der Waals surface area contributed by atoms with Gasteiger partial charge in [0, 0.05) is 0 Å². The normalized spacial score (nSPS) is 36.6. The molecular formula is C12H14O4. The number of hydrogen-bond acceptors (Lipinski definition) is 4. The van der Waals surface area contributed by atoms with E-state index >= 15 is 0 Å². The lowest BCUT2D eigenvalue weighted by Crippen LogP contribution is -2.34. The highest BCUT2D eigenvalue weighted by molar-refractivity contribution is 4.97. The van der Waals surface area contributed by atoms with Gasteiger partial charge in [-0.3, -0.25) is 0 Å². The monoisotopic (exact) mass is 222 g/mol. The molecule has 0 aromatic heterocycles. The molecule has 2 aliphatic rings. The number of hydrogen-bond donors (Lipinski definition) is 0. The van der Waals surface area contributed by atoms with Crippen LogP contribution in [0.3, 0.4) is 0 Å². The summed E-state index contributed by atoms with van der Waals surface area (Å²) < 4.78 is 22.0. The van der Waals surface area contributed by atoms with Crippen LogP contribution in [0, 0.1) is 24.7 Å². The quantitative estimate of drug-likeness (QED) is 0.618. The van der Waals surface area contributed by atoms with Crippen molar-refractivity contribution in [2.45, 2.75) is 24.4 Å². The van der Waals surface area contributed by atoms with Crippen molar-refractivity contribution in [3.63, 3.8) is 0 Å². The highest BCUT2D eigenvalue weighted by atomic mass is 16.6. The van der Waals surface area contributed by atoms with E-state index in [9.17, 15) is 0 Å². The summed E-state index contributed by atoms with van der Waals surface area (Å²) in [6, 6.07) is 0. The van der Waals surface area contributed by atoms with E-state index in [0.29, 0.717) is 13.2 Å². The largest absolute Gasteiger partial charge is 0.370 e. The van der Waals surface area contributed by atoms with Gasteiger partial charge in [-0.25, -0.2) is 0 Å². The van der Waals surface area contributed by atoms with Gasteiger partial charge in [-0.15, -0.1) is 12.8 Å². The molecule has 2 rings (SSSR count). The number of fused-ring (bicyclic) bond motifs is 1. The Hall–Kier alpha value is -1.04. The molecule has 0 saturated carbocycles. The third-order valence-electron chi connectivity index (χ3n) is 2.72. The Balaban J connectivity index is 1.86. The minimum atomic E-state index is -0.0968. The van der Waals surface area contributed by atoms with E-state index in [4.69, 9.17) is 31.8 Å². The molecule has 0 unspecified atom stereocenters. The van der Waals surface area contributed by atoms with E-state index in [1.165, 1.54) is 0 Å². The first-order valence-electron chi connectivity index (χ1n) is 5.20. The summed E-state index contributed by atoms with van der Waals surface area (Å²) in [5, 5.41) is 0. The fourth-order valence-corrected chi connectivity index (χ4v) is 2.03. The molecule has 0 N–H and O–H groups in total. The summed E-state index contributed by atoms with van der Waals surface area (Å²) in [5.41, 5.74) is 0. The van der Waals surface area contributed by atoms with Gasteiger partial charge in [0.15, 0.2) is 0 Å². The van der Waals surface area contributed by atoms with Crippen LogP contribution in [-0.2, 0) is 18.9 Å². The van der Waals surface area contributed by atoms with Crippen molar-refractivity contribution in [2.75, 3.05) is 26.4 Å². The maximum atomic E-state index is 5.58. The van der Waals surface area contributed by atoms with Gasteiger partial charge in [0.2, 0.25) is 0 Å². The fourth-order valence-electron chi connectivity index (χ4n) is 2.03. The second-order valence-electron chi connectivity index (χ2n) is 3.70. The zero-order chi connectivity index (χ0) is 11.4. The molecule has 2 aliphatic heterocycles. The molecular weight excluding hydrogens is 208 g/mol. The molecule has 2 saturated heterocycles. The summed E-state index contributed by atoms with van der Waals surface area (Å²) in [7, 11) is 0.